The molecule has 2 aromatic rings. The van der Waals surface area contributed by atoms with Crippen LogP contribution in [0.25, 0.3) is 0 Å². The lowest BCUT2D eigenvalue weighted by Gasteiger charge is -2.02. The molecule has 1 amide bonds. The van der Waals surface area contributed by atoms with Crippen LogP contribution in [0.4, 0.5) is 5.82 Å². The standard InChI is InChI=1S/C9H9N5O3/c10-8-7(14(16)17-13-8)9(15)12-5-6-2-1-3-11-4-6/h1-4H,5H2,(H2,10,13)(H,12,15). The van der Waals surface area contributed by atoms with Crippen molar-refractivity contribution >= 4 is 11.7 Å². The van der Waals surface area contributed by atoms with E-state index in [-0.39, 0.29) is 23.0 Å². The number of nitrogens with zero attached hydrogens (tertiary/aromatic N) is 3. The Hall–Kier alpha value is -2.64. The van der Waals surface area contributed by atoms with Crippen molar-refractivity contribution in [3.63, 3.8) is 0 Å². The van der Waals surface area contributed by atoms with Gasteiger partial charge in [-0.1, -0.05) is 6.07 Å². The number of pyridine rings is 1. The summed E-state index contributed by atoms with van der Waals surface area (Å²) in [4.78, 5) is 15.4. The molecule has 0 fully saturated rings. The second kappa shape index (κ2) is 4.47. The zero-order valence-electron chi connectivity index (χ0n) is 8.66. The molecule has 0 aliphatic carbocycles. The highest BCUT2D eigenvalue weighted by atomic mass is 16.8. The summed E-state index contributed by atoms with van der Waals surface area (Å²) in [5.74, 6) is -0.897. The molecule has 8 heteroatoms. The number of aromatic nitrogens is 3. The second-order valence-electron chi connectivity index (χ2n) is 3.21. The molecule has 0 aromatic carbocycles. The normalized spacial score (nSPS) is 10.1. The highest BCUT2D eigenvalue weighted by molar-refractivity contribution is 5.94. The van der Waals surface area contributed by atoms with Crippen molar-refractivity contribution in [2.75, 3.05) is 5.73 Å². The Morgan fingerprint density at radius 3 is 3.06 bits per heavy atom. The molecule has 0 unspecified atom stereocenters. The van der Waals surface area contributed by atoms with E-state index in [1.165, 1.54) is 0 Å². The maximum atomic E-state index is 11.6. The lowest BCUT2D eigenvalue weighted by molar-refractivity contribution is -0.803. The summed E-state index contributed by atoms with van der Waals surface area (Å²) in [5, 5.41) is 16.7. The molecule has 2 aromatic heterocycles. The first kappa shape index (κ1) is 10.9. The van der Waals surface area contributed by atoms with Crippen LogP contribution in [0.15, 0.2) is 29.2 Å². The zero-order chi connectivity index (χ0) is 12.3. The minimum absolute atomic E-state index is 0.0338. The quantitative estimate of drug-likeness (QED) is 0.673. The van der Waals surface area contributed by atoms with Gasteiger partial charge in [-0.05, 0) is 16.5 Å². The first-order chi connectivity index (χ1) is 8.18. The van der Waals surface area contributed by atoms with Crippen LogP contribution in [0.3, 0.4) is 0 Å². The van der Waals surface area contributed by atoms with Gasteiger partial charge in [0.1, 0.15) is 0 Å². The molecule has 0 bridgehead atoms. The van der Waals surface area contributed by atoms with Gasteiger partial charge in [0.05, 0.1) is 5.16 Å². The SMILES string of the molecule is Nc1no[n+]([O-])c1C(=O)NCc1cccnc1. The van der Waals surface area contributed by atoms with E-state index in [0.29, 0.717) is 0 Å². The summed E-state index contributed by atoms with van der Waals surface area (Å²) in [6.07, 6.45) is 3.22. The molecule has 0 aliphatic heterocycles. The summed E-state index contributed by atoms with van der Waals surface area (Å²) in [7, 11) is 0. The predicted octanol–water partition coefficient (Wildman–Crippen LogP) is -0.785. The van der Waals surface area contributed by atoms with Gasteiger partial charge in [0, 0.05) is 18.9 Å². The molecule has 0 saturated carbocycles. The largest absolute Gasteiger partial charge is 0.359 e. The van der Waals surface area contributed by atoms with Gasteiger partial charge < -0.3 is 16.3 Å². The fraction of sp³-hybridized carbons (Fsp3) is 0.111. The number of nitrogens with one attached hydrogen (secondary N) is 1. The molecular formula is C9H9N5O3. The van der Waals surface area contributed by atoms with E-state index in [4.69, 9.17) is 5.73 Å². The number of hydrogen-bond acceptors (Lipinski definition) is 6. The van der Waals surface area contributed by atoms with Crippen molar-refractivity contribution in [2.45, 2.75) is 6.54 Å². The summed E-state index contributed by atoms with van der Waals surface area (Å²) in [6, 6.07) is 3.53. The smallest absolute Gasteiger partial charge is 0.318 e. The topological polar surface area (TPSA) is 121 Å². The first-order valence-electron chi connectivity index (χ1n) is 4.71. The molecule has 0 atom stereocenters. The van der Waals surface area contributed by atoms with Gasteiger partial charge in [-0.25, -0.2) is 0 Å². The lowest BCUT2D eigenvalue weighted by atomic mass is 10.3. The van der Waals surface area contributed by atoms with Crippen LogP contribution < -0.4 is 16.0 Å². The molecule has 3 N–H and O–H groups in total. The lowest BCUT2D eigenvalue weighted by Crippen LogP contribution is -2.37. The van der Waals surface area contributed by atoms with Crippen LogP contribution >= 0.6 is 0 Å². The number of carbonyl (C=O) groups excluding carboxylic acids is 1. The Morgan fingerprint density at radius 1 is 1.65 bits per heavy atom. The van der Waals surface area contributed by atoms with Crippen molar-refractivity contribution in [3.8, 4) is 0 Å². The highest BCUT2D eigenvalue weighted by Gasteiger charge is 2.23. The third-order valence-corrected chi connectivity index (χ3v) is 2.03. The zero-order valence-corrected chi connectivity index (χ0v) is 8.66. The van der Waals surface area contributed by atoms with Crippen LogP contribution in [0.1, 0.15) is 16.1 Å². The van der Waals surface area contributed by atoms with Crippen LogP contribution in [0.2, 0.25) is 0 Å². The van der Waals surface area contributed by atoms with E-state index in [2.05, 4.69) is 20.1 Å². The molecule has 0 aliphatic rings. The average Bonchev–Trinajstić information content (AvgIpc) is 2.67. The predicted molar refractivity (Wildman–Crippen MR) is 55.3 cm³/mol. The number of anilines is 1. The molecule has 0 spiro atoms. The van der Waals surface area contributed by atoms with E-state index in [1.807, 2.05) is 0 Å². The van der Waals surface area contributed by atoms with Gasteiger partial charge in [-0.15, -0.1) is 0 Å². The van der Waals surface area contributed by atoms with Gasteiger partial charge in [0.25, 0.3) is 0 Å². The highest BCUT2D eigenvalue weighted by Crippen LogP contribution is 2.02. The number of rotatable bonds is 3. The summed E-state index contributed by atoms with van der Waals surface area (Å²) in [5.41, 5.74) is 5.76. The molecule has 0 radical (unpaired) electrons. The first-order valence-corrected chi connectivity index (χ1v) is 4.71. The van der Waals surface area contributed by atoms with E-state index in [9.17, 15) is 10.0 Å². The minimum Gasteiger partial charge on any atom is -0.359 e. The summed E-state index contributed by atoms with van der Waals surface area (Å²) >= 11 is 0. The summed E-state index contributed by atoms with van der Waals surface area (Å²) in [6.45, 7) is 0.233. The summed E-state index contributed by atoms with van der Waals surface area (Å²) < 4.78 is 4.18. The molecule has 2 rings (SSSR count). The van der Waals surface area contributed by atoms with Crippen LogP contribution in [0, 0.1) is 5.21 Å². The Morgan fingerprint density at radius 2 is 2.47 bits per heavy atom. The molecule has 2 heterocycles. The third kappa shape index (κ3) is 2.30. The van der Waals surface area contributed by atoms with E-state index in [1.54, 1.807) is 24.5 Å². The van der Waals surface area contributed by atoms with Gasteiger partial charge in [0.2, 0.25) is 0 Å². The third-order valence-electron chi connectivity index (χ3n) is 2.03. The van der Waals surface area contributed by atoms with Crippen molar-refractivity contribution in [2.24, 2.45) is 0 Å². The number of nitrogens with two attached hydrogens (primary N) is 1. The maximum absolute atomic E-state index is 11.6. The Labute approximate surface area is 95.6 Å². The van der Waals surface area contributed by atoms with Crippen molar-refractivity contribution in [1.29, 1.82) is 0 Å². The number of carbonyl (C=O) groups is 1. The monoisotopic (exact) mass is 235 g/mol. The Kier molecular flexibility index (Phi) is 2.86. The molecule has 88 valence electrons. The van der Waals surface area contributed by atoms with Crippen LogP contribution in [0.5, 0.6) is 0 Å². The molecular weight excluding hydrogens is 226 g/mol. The fourth-order valence-electron chi connectivity index (χ4n) is 1.23. The van der Waals surface area contributed by atoms with Crippen molar-refractivity contribution in [1.82, 2.24) is 15.5 Å². The average molecular weight is 235 g/mol. The van der Waals surface area contributed by atoms with E-state index in [0.717, 1.165) is 5.56 Å². The fourth-order valence-corrected chi connectivity index (χ4v) is 1.23. The van der Waals surface area contributed by atoms with Gasteiger partial charge in [0.15, 0.2) is 0 Å². The van der Waals surface area contributed by atoms with Gasteiger partial charge >= 0.3 is 17.4 Å². The van der Waals surface area contributed by atoms with Crippen LogP contribution in [-0.4, -0.2) is 16.0 Å². The molecule has 17 heavy (non-hydrogen) atoms. The van der Waals surface area contributed by atoms with E-state index < -0.39 is 5.91 Å². The molecule has 8 nitrogen and oxygen atoms in total. The molecule has 0 saturated heterocycles. The minimum atomic E-state index is -0.650. The number of hydrogen-bond donors (Lipinski definition) is 2. The number of amides is 1. The van der Waals surface area contributed by atoms with Gasteiger partial charge in [-0.3, -0.25) is 14.4 Å². The maximum Gasteiger partial charge on any atom is 0.318 e. The number of nitrogen functional groups attached to an aromatic ring is 1. The Balaban J connectivity index is 2.04. The van der Waals surface area contributed by atoms with Crippen molar-refractivity contribution in [3.05, 3.63) is 41.0 Å². The second-order valence-corrected chi connectivity index (χ2v) is 3.21. The van der Waals surface area contributed by atoms with E-state index >= 15 is 0 Å². The van der Waals surface area contributed by atoms with Crippen LogP contribution in [-0.2, 0) is 6.54 Å². The van der Waals surface area contributed by atoms with Gasteiger partial charge in [-0.2, -0.15) is 0 Å². The van der Waals surface area contributed by atoms with Crippen molar-refractivity contribution < 1.29 is 14.3 Å². The Bertz CT molecular complexity index is 505.